The maximum Gasteiger partial charge on any atom is 0.0213 e. The molecule has 0 aliphatic heterocycles. The Kier molecular flexibility index (Phi) is 5.68. The minimum absolute atomic E-state index is 0.229. The third-order valence-corrected chi connectivity index (χ3v) is 5.93. The topological polar surface area (TPSA) is 26.0 Å². The van der Waals surface area contributed by atoms with Crippen LogP contribution in [0.1, 0.15) is 75.8 Å². The molecule has 1 nitrogen and oxygen atoms in total. The lowest BCUT2D eigenvalue weighted by Gasteiger charge is -2.37. The molecule has 0 heterocycles. The molecule has 0 saturated heterocycles. The van der Waals surface area contributed by atoms with Gasteiger partial charge in [-0.2, -0.15) is 0 Å². The van der Waals surface area contributed by atoms with Crippen molar-refractivity contribution in [2.45, 2.75) is 70.1 Å². The largest absolute Gasteiger partial charge is 0.330 e. The average molecular weight is 338 g/mol. The van der Waals surface area contributed by atoms with Gasteiger partial charge in [-0.3, -0.25) is 0 Å². The lowest BCUT2D eigenvalue weighted by atomic mass is 9.69. The van der Waals surface area contributed by atoms with Crippen LogP contribution in [0.4, 0.5) is 0 Å². The van der Waals surface area contributed by atoms with E-state index in [-0.39, 0.29) is 5.41 Å². The van der Waals surface area contributed by atoms with E-state index in [1.54, 1.807) is 0 Å². The summed E-state index contributed by atoms with van der Waals surface area (Å²) < 4.78 is 1.28. The van der Waals surface area contributed by atoms with Crippen LogP contribution in [0.5, 0.6) is 0 Å². The summed E-state index contributed by atoms with van der Waals surface area (Å²) in [7, 11) is 0. The first kappa shape index (κ1) is 16.0. The summed E-state index contributed by atoms with van der Waals surface area (Å²) in [6, 6.07) is 7.03. The van der Waals surface area contributed by atoms with Gasteiger partial charge in [0.05, 0.1) is 0 Å². The number of halogens is 1. The number of hydrogen-bond acceptors (Lipinski definition) is 1. The summed E-state index contributed by atoms with van der Waals surface area (Å²) in [6.45, 7) is 5.33. The second kappa shape index (κ2) is 7.09. The van der Waals surface area contributed by atoms with Crippen LogP contribution >= 0.6 is 15.9 Å². The van der Waals surface area contributed by atoms with Crippen LogP contribution in [0.3, 0.4) is 0 Å². The monoisotopic (exact) mass is 337 g/mol. The Morgan fingerprint density at radius 3 is 2.30 bits per heavy atom. The quantitative estimate of drug-likeness (QED) is 0.752. The van der Waals surface area contributed by atoms with Crippen molar-refractivity contribution < 1.29 is 0 Å². The number of benzene rings is 1. The van der Waals surface area contributed by atoms with Gasteiger partial charge in [-0.05, 0) is 48.8 Å². The molecular weight excluding hydrogens is 310 g/mol. The Labute approximate surface area is 132 Å². The maximum absolute atomic E-state index is 6.16. The number of nitrogens with two attached hydrogens (primary N) is 1. The number of hydrogen-bond donors (Lipinski definition) is 1. The van der Waals surface area contributed by atoms with Crippen molar-refractivity contribution in [3.05, 3.63) is 33.8 Å². The molecule has 1 aromatic rings. The first-order valence-electron chi connectivity index (χ1n) is 8.17. The van der Waals surface area contributed by atoms with E-state index >= 15 is 0 Å². The molecule has 0 atom stereocenters. The molecule has 2 heteroatoms. The van der Waals surface area contributed by atoms with E-state index in [1.807, 2.05) is 0 Å². The van der Waals surface area contributed by atoms with Crippen LogP contribution in [0.15, 0.2) is 22.7 Å². The van der Waals surface area contributed by atoms with Crippen molar-refractivity contribution in [3.63, 3.8) is 0 Å². The van der Waals surface area contributed by atoms with Crippen LogP contribution in [0, 0.1) is 0 Å². The molecule has 0 unspecified atom stereocenters. The highest BCUT2D eigenvalue weighted by Crippen LogP contribution is 2.41. The fourth-order valence-electron chi connectivity index (χ4n) is 3.76. The number of rotatable bonds is 5. The van der Waals surface area contributed by atoms with Gasteiger partial charge in [0, 0.05) is 16.4 Å². The minimum atomic E-state index is 0.229. The molecule has 1 aromatic carbocycles. The van der Waals surface area contributed by atoms with E-state index in [9.17, 15) is 0 Å². The van der Waals surface area contributed by atoms with Gasteiger partial charge in [-0.15, -0.1) is 0 Å². The fraction of sp³-hybridized carbons (Fsp3) is 0.667. The van der Waals surface area contributed by atoms with Gasteiger partial charge < -0.3 is 5.73 Å². The Hall–Kier alpha value is -0.340. The molecule has 1 saturated carbocycles. The molecular formula is C18H28BrN. The zero-order valence-corrected chi connectivity index (χ0v) is 14.5. The van der Waals surface area contributed by atoms with E-state index in [4.69, 9.17) is 5.73 Å². The molecule has 0 aromatic heterocycles. The molecule has 2 rings (SSSR count). The van der Waals surface area contributed by atoms with Gasteiger partial charge in [-0.1, -0.05) is 61.2 Å². The lowest BCUT2D eigenvalue weighted by molar-refractivity contribution is 0.300. The molecule has 1 fully saturated rings. The van der Waals surface area contributed by atoms with Crippen LogP contribution < -0.4 is 5.73 Å². The van der Waals surface area contributed by atoms with Gasteiger partial charge >= 0.3 is 0 Å². The van der Waals surface area contributed by atoms with E-state index in [0.717, 1.165) is 6.54 Å². The summed E-state index contributed by atoms with van der Waals surface area (Å²) >= 11 is 3.81. The van der Waals surface area contributed by atoms with Crippen molar-refractivity contribution in [2.75, 3.05) is 6.54 Å². The zero-order valence-electron chi connectivity index (χ0n) is 12.9. The van der Waals surface area contributed by atoms with Gasteiger partial charge in [0.25, 0.3) is 0 Å². The third-order valence-electron chi connectivity index (χ3n) is 5.24. The Bertz CT molecular complexity index is 431. The van der Waals surface area contributed by atoms with Crippen LogP contribution in [-0.2, 0) is 5.41 Å². The molecule has 20 heavy (non-hydrogen) atoms. The van der Waals surface area contributed by atoms with E-state index in [1.165, 1.54) is 60.5 Å². The summed E-state index contributed by atoms with van der Waals surface area (Å²) in [4.78, 5) is 0. The van der Waals surface area contributed by atoms with Crippen LogP contribution in [0.25, 0.3) is 0 Å². The smallest absolute Gasteiger partial charge is 0.0213 e. The summed E-state index contributed by atoms with van der Waals surface area (Å²) in [5, 5.41) is 0. The van der Waals surface area contributed by atoms with Crippen molar-refractivity contribution in [3.8, 4) is 0 Å². The normalized spacial score (nSPS) is 18.4. The summed E-state index contributed by atoms with van der Waals surface area (Å²) in [5.41, 5.74) is 9.29. The van der Waals surface area contributed by atoms with Gasteiger partial charge in [0.1, 0.15) is 0 Å². The van der Waals surface area contributed by atoms with Gasteiger partial charge in [0.2, 0.25) is 0 Å². The molecule has 0 spiro atoms. The Balaban J connectivity index is 2.32. The van der Waals surface area contributed by atoms with Crippen molar-refractivity contribution >= 4 is 15.9 Å². The first-order valence-corrected chi connectivity index (χ1v) is 8.96. The maximum atomic E-state index is 6.16. The first-order chi connectivity index (χ1) is 9.66. The highest BCUT2D eigenvalue weighted by atomic mass is 79.9. The third kappa shape index (κ3) is 3.12. The second-order valence-electron chi connectivity index (χ2n) is 6.29. The average Bonchev–Trinajstić information content (AvgIpc) is 2.50. The predicted molar refractivity (Wildman–Crippen MR) is 91.3 cm³/mol. The molecule has 2 N–H and O–H groups in total. The molecule has 0 amide bonds. The van der Waals surface area contributed by atoms with Crippen molar-refractivity contribution in [2.24, 2.45) is 5.73 Å². The molecule has 1 aliphatic rings. The lowest BCUT2D eigenvalue weighted by Crippen LogP contribution is -2.37. The Morgan fingerprint density at radius 1 is 1.15 bits per heavy atom. The van der Waals surface area contributed by atoms with Gasteiger partial charge in [-0.25, -0.2) is 0 Å². The fourth-order valence-corrected chi connectivity index (χ4v) is 4.46. The van der Waals surface area contributed by atoms with E-state index in [0.29, 0.717) is 5.92 Å². The minimum Gasteiger partial charge on any atom is -0.330 e. The predicted octanol–water partition coefficient (Wildman–Crippen LogP) is 5.51. The molecule has 0 bridgehead atoms. The van der Waals surface area contributed by atoms with E-state index in [2.05, 4.69) is 48.0 Å². The summed E-state index contributed by atoms with van der Waals surface area (Å²) in [6.07, 6.45) is 8.93. The molecule has 1 aliphatic carbocycles. The SMILES string of the molecule is CCC(CC)c1ccc(C2(CN)CCCCC2)cc1Br. The molecule has 112 valence electrons. The zero-order chi connectivity index (χ0) is 14.6. The molecule has 0 radical (unpaired) electrons. The summed E-state index contributed by atoms with van der Waals surface area (Å²) in [5.74, 6) is 0.665. The van der Waals surface area contributed by atoms with Crippen molar-refractivity contribution in [1.29, 1.82) is 0 Å². The second-order valence-corrected chi connectivity index (χ2v) is 7.15. The van der Waals surface area contributed by atoms with Crippen LogP contribution in [0.2, 0.25) is 0 Å². The van der Waals surface area contributed by atoms with Crippen LogP contribution in [-0.4, -0.2) is 6.54 Å². The Morgan fingerprint density at radius 2 is 1.80 bits per heavy atom. The highest BCUT2D eigenvalue weighted by molar-refractivity contribution is 9.10. The standard InChI is InChI=1S/C18H28BrN/c1-3-14(4-2)16-9-8-15(12-17(16)19)18(13-20)10-6-5-7-11-18/h8-9,12,14H,3-7,10-11,13,20H2,1-2H3. The highest BCUT2D eigenvalue weighted by Gasteiger charge is 2.32. The van der Waals surface area contributed by atoms with Crippen molar-refractivity contribution in [1.82, 2.24) is 0 Å². The van der Waals surface area contributed by atoms with Gasteiger partial charge in [0.15, 0.2) is 0 Å². The van der Waals surface area contributed by atoms with E-state index < -0.39 is 0 Å².